The van der Waals surface area contributed by atoms with Crippen molar-refractivity contribution in [1.82, 2.24) is 25.4 Å². The Morgan fingerprint density at radius 1 is 1.05 bits per heavy atom. The van der Waals surface area contributed by atoms with Crippen LogP contribution in [0.4, 0.5) is 5.69 Å². The summed E-state index contributed by atoms with van der Waals surface area (Å²) in [4.78, 5) is 20.2. The molecule has 3 aromatic rings. The number of aromatic amines is 1. The number of hydrogen-bond acceptors (Lipinski definition) is 5. The molecular weight excluding hydrogens is 256 g/mol. The van der Waals surface area contributed by atoms with Crippen LogP contribution in [0.5, 0.6) is 0 Å². The average molecular weight is 266 g/mol. The van der Waals surface area contributed by atoms with Crippen LogP contribution in [0.15, 0.2) is 48.9 Å². The van der Waals surface area contributed by atoms with E-state index >= 15 is 0 Å². The molecule has 2 heterocycles. The molecule has 2 N–H and O–H groups in total. The number of aromatic nitrogens is 5. The molecule has 0 atom stereocenters. The molecule has 0 aliphatic heterocycles. The standard InChI is InChI=1S/C13H10N6O/c20-13(11-8-16-19-18-11)17-10-6-14-12(15-7-10)9-4-2-1-3-5-9/h1-8H,(H,17,20)(H,16,18,19). The zero-order valence-corrected chi connectivity index (χ0v) is 10.3. The molecule has 0 aliphatic carbocycles. The van der Waals surface area contributed by atoms with Crippen molar-refractivity contribution in [2.75, 3.05) is 5.32 Å². The van der Waals surface area contributed by atoms with E-state index in [0.717, 1.165) is 5.56 Å². The van der Waals surface area contributed by atoms with Gasteiger partial charge in [-0.15, -0.1) is 0 Å². The normalized spacial score (nSPS) is 10.2. The molecule has 7 heteroatoms. The molecule has 0 bridgehead atoms. The maximum absolute atomic E-state index is 11.7. The predicted octanol–water partition coefficient (Wildman–Crippen LogP) is 1.51. The van der Waals surface area contributed by atoms with E-state index < -0.39 is 0 Å². The Bertz CT molecular complexity index is 693. The van der Waals surface area contributed by atoms with Crippen LogP contribution < -0.4 is 5.32 Å². The molecular formula is C13H10N6O. The van der Waals surface area contributed by atoms with E-state index in [0.29, 0.717) is 11.5 Å². The number of amides is 1. The molecule has 7 nitrogen and oxygen atoms in total. The minimum Gasteiger partial charge on any atom is -0.318 e. The van der Waals surface area contributed by atoms with Gasteiger partial charge in [0.1, 0.15) is 0 Å². The fourth-order valence-corrected chi connectivity index (χ4v) is 1.64. The second kappa shape index (κ2) is 5.27. The summed E-state index contributed by atoms with van der Waals surface area (Å²) < 4.78 is 0. The van der Waals surface area contributed by atoms with E-state index in [4.69, 9.17) is 0 Å². The van der Waals surface area contributed by atoms with Gasteiger partial charge in [0.05, 0.1) is 24.3 Å². The maximum Gasteiger partial charge on any atom is 0.277 e. The molecule has 2 aromatic heterocycles. The van der Waals surface area contributed by atoms with Crippen molar-refractivity contribution in [3.8, 4) is 11.4 Å². The van der Waals surface area contributed by atoms with E-state index in [1.54, 1.807) is 12.4 Å². The van der Waals surface area contributed by atoms with E-state index in [1.165, 1.54) is 6.20 Å². The van der Waals surface area contributed by atoms with Crippen molar-refractivity contribution in [3.05, 3.63) is 54.6 Å². The number of nitrogens with zero attached hydrogens (tertiary/aromatic N) is 4. The van der Waals surface area contributed by atoms with Gasteiger partial charge in [-0.1, -0.05) is 30.3 Å². The summed E-state index contributed by atoms with van der Waals surface area (Å²) in [5.41, 5.74) is 1.62. The molecule has 98 valence electrons. The molecule has 0 spiro atoms. The average Bonchev–Trinajstić information content (AvgIpc) is 3.03. The first-order valence-corrected chi connectivity index (χ1v) is 5.87. The van der Waals surface area contributed by atoms with Crippen LogP contribution in [0, 0.1) is 0 Å². The minimum absolute atomic E-state index is 0.206. The Labute approximate surface area is 114 Å². The molecule has 0 unspecified atom stereocenters. The number of anilines is 1. The van der Waals surface area contributed by atoms with Gasteiger partial charge in [0, 0.05) is 5.56 Å². The summed E-state index contributed by atoms with van der Waals surface area (Å²) in [6.45, 7) is 0. The van der Waals surface area contributed by atoms with Gasteiger partial charge in [-0.2, -0.15) is 15.4 Å². The maximum atomic E-state index is 11.7. The van der Waals surface area contributed by atoms with E-state index in [2.05, 4.69) is 30.7 Å². The number of carbonyl (C=O) groups is 1. The predicted molar refractivity (Wildman–Crippen MR) is 71.8 cm³/mol. The highest BCUT2D eigenvalue weighted by atomic mass is 16.2. The third-order valence-electron chi connectivity index (χ3n) is 2.59. The van der Waals surface area contributed by atoms with Gasteiger partial charge in [-0.25, -0.2) is 9.97 Å². The van der Waals surface area contributed by atoms with Gasteiger partial charge in [-0.3, -0.25) is 4.79 Å². The van der Waals surface area contributed by atoms with E-state index in [1.807, 2.05) is 30.3 Å². The Hall–Kier alpha value is -3.09. The van der Waals surface area contributed by atoms with E-state index in [9.17, 15) is 4.79 Å². The topological polar surface area (TPSA) is 96.5 Å². The molecule has 3 rings (SSSR count). The number of hydrogen-bond donors (Lipinski definition) is 2. The fraction of sp³-hybridized carbons (Fsp3) is 0. The van der Waals surface area contributed by atoms with Gasteiger partial charge in [0.15, 0.2) is 11.5 Å². The number of carbonyl (C=O) groups excluding carboxylic acids is 1. The number of benzene rings is 1. The molecule has 0 radical (unpaired) electrons. The van der Waals surface area contributed by atoms with E-state index in [-0.39, 0.29) is 11.6 Å². The first kappa shape index (κ1) is 12.0. The second-order valence-corrected chi connectivity index (χ2v) is 3.97. The van der Waals surface area contributed by atoms with Crippen LogP contribution in [-0.4, -0.2) is 31.3 Å². The number of rotatable bonds is 3. The van der Waals surface area contributed by atoms with Gasteiger partial charge < -0.3 is 5.32 Å². The van der Waals surface area contributed by atoms with Crippen molar-refractivity contribution in [3.63, 3.8) is 0 Å². The highest BCUT2D eigenvalue weighted by Crippen LogP contribution is 2.14. The van der Waals surface area contributed by atoms with Crippen molar-refractivity contribution < 1.29 is 4.79 Å². The number of H-pyrrole nitrogens is 1. The van der Waals surface area contributed by atoms with Crippen LogP contribution >= 0.6 is 0 Å². The van der Waals surface area contributed by atoms with Crippen LogP contribution in [0.1, 0.15) is 10.5 Å². The molecule has 20 heavy (non-hydrogen) atoms. The largest absolute Gasteiger partial charge is 0.318 e. The SMILES string of the molecule is O=C(Nc1cnc(-c2ccccc2)nc1)c1cn[nH]n1. The Morgan fingerprint density at radius 2 is 1.80 bits per heavy atom. The summed E-state index contributed by atoms with van der Waals surface area (Å²) in [6, 6.07) is 9.60. The molecule has 0 aliphatic rings. The van der Waals surface area contributed by atoms with Gasteiger partial charge in [0.25, 0.3) is 5.91 Å². The smallest absolute Gasteiger partial charge is 0.277 e. The molecule has 0 fully saturated rings. The van der Waals surface area contributed by atoms with Crippen molar-refractivity contribution in [1.29, 1.82) is 0 Å². The highest BCUT2D eigenvalue weighted by molar-refractivity contribution is 6.02. The lowest BCUT2D eigenvalue weighted by Gasteiger charge is -2.03. The zero-order chi connectivity index (χ0) is 13.8. The molecule has 0 saturated carbocycles. The second-order valence-electron chi connectivity index (χ2n) is 3.97. The fourth-order valence-electron chi connectivity index (χ4n) is 1.64. The van der Waals surface area contributed by atoms with Gasteiger partial charge >= 0.3 is 0 Å². The molecule has 0 saturated heterocycles. The summed E-state index contributed by atoms with van der Waals surface area (Å²) in [5.74, 6) is 0.236. The lowest BCUT2D eigenvalue weighted by molar-refractivity contribution is 0.102. The van der Waals surface area contributed by atoms with Crippen molar-refractivity contribution in [2.24, 2.45) is 0 Å². The summed E-state index contributed by atoms with van der Waals surface area (Å²) in [5, 5.41) is 12.3. The first-order valence-electron chi connectivity index (χ1n) is 5.87. The molecule has 1 aromatic carbocycles. The summed E-state index contributed by atoms with van der Waals surface area (Å²) >= 11 is 0. The Morgan fingerprint density at radius 3 is 2.45 bits per heavy atom. The summed E-state index contributed by atoms with van der Waals surface area (Å²) in [6.07, 6.45) is 4.44. The number of nitrogens with one attached hydrogen (secondary N) is 2. The third kappa shape index (κ3) is 2.51. The van der Waals surface area contributed by atoms with Crippen LogP contribution in [0.25, 0.3) is 11.4 Å². The van der Waals surface area contributed by atoms with Gasteiger partial charge in [-0.05, 0) is 0 Å². The Kier molecular flexibility index (Phi) is 3.15. The summed E-state index contributed by atoms with van der Waals surface area (Å²) in [7, 11) is 0. The van der Waals surface area contributed by atoms with Crippen molar-refractivity contribution >= 4 is 11.6 Å². The lowest BCUT2D eigenvalue weighted by atomic mass is 10.2. The van der Waals surface area contributed by atoms with Crippen LogP contribution in [0.3, 0.4) is 0 Å². The Balaban J connectivity index is 1.75. The monoisotopic (exact) mass is 266 g/mol. The highest BCUT2D eigenvalue weighted by Gasteiger charge is 2.09. The zero-order valence-electron chi connectivity index (χ0n) is 10.3. The van der Waals surface area contributed by atoms with Gasteiger partial charge in [0.2, 0.25) is 0 Å². The first-order chi connectivity index (χ1) is 9.83. The molecule has 1 amide bonds. The quantitative estimate of drug-likeness (QED) is 0.749. The minimum atomic E-state index is -0.366. The lowest BCUT2D eigenvalue weighted by Crippen LogP contribution is -2.12. The van der Waals surface area contributed by atoms with Crippen molar-refractivity contribution in [2.45, 2.75) is 0 Å². The van der Waals surface area contributed by atoms with Crippen LogP contribution in [-0.2, 0) is 0 Å². The third-order valence-corrected chi connectivity index (χ3v) is 2.59. The van der Waals surface area contributed by atoms with Crippen LogP contribution in [0.2, 0.25) is 0 Å².